The second-order valence-corrected chi connectivity index (χ2v) is 8.50. The van der Waals surface area contributed by atoms with Crippen LogP contribution >= 0.6 is 0 Å². The molecule has 0 aromatic heterocycles. The minimum Gasteiger partial charge on any atom is -0.463 e. The van der Waals surface area contributed by atoms with Gasteiger partial charge in [0.1, 0.15) is 6.04 Å². The van der Waals surface area contributed by atoms with Gasteiger partial charge < -0.3 is 14.8 Å². The largest absolute Gasteiger partial charge is 0.463 e. The summed E-state index contributed by atoms with van der Waals surface area (Å²) >= 11 is 0. The number of carbonyl (C=O) groups is 3. The quantitative estimate of drug-likeness (QED) is 0.240. The van der Waals surface area contributed by atoms with Crippen molar-refractivity contribution in [2.24, 2.45) is 0 Å². The van der Waals surface area contributed by atoms with E-state index in [0.717, 1.165) is 12.8 Å². The van der Waals surface area contributed by atoms with Crippen LogP contribution in [0.2, 0.25) is 0 Å². The van der Waals surface area contributed by atoms with Crippen LogP contribution in [0.25, 0.3) is 0 Å². The minimum atomic E-state index is -0.943. The van der Waals surface area contributed by atoms with Crippen molar-refractivity contribution in [1.29, 1.82) is 0 Å². The van der Waals surface area contributed by atoms with Crippen molar-refractivity contribution < 1.29 is 23.9 Å². The van der Waals surface area contributed by atoms with Gasteiger partial charge in [0.2, 0.25) is 5.91 Å². The van der Waals surface area contributed by atoms with E-state index in [1.165, 1.54) is 84.0 Å². The molecule has 1 amide bonds. The standard InChI is InChI=1S/C24H43NO5/c1-3-4-5-6-7-8-9-10-11-12-13-14-15-16-19-29-23(27)20(2)30-24(28)21-17-18-22(26)25-21/h20-21H,3-19H2,1-2H3,(H,25,26)/t20?,21-/m0/s1. The molecule has 1 aliphatic rings. The molecule has 0 radical (unpaired) electrons. The number of nitrogens with one attached hydrogen (secondary N) is 1. The van der Waals surface area contributed by atoms with Crippen LogP contribution in [0.15, 0.2) is 0 Å². The van der Waals surface area contributed by atoms with Gasteiger partial charge in [-0.2, -0.15) is 0 Å². The van der Waals surface area contributed by atoms with Crippen LogP contribution in [0, 0.1) is 0 Å². The summed E-state index contributed by atoms with van der Waals surface area (Å²) in [7, 11) is 0. The van der Waals surface area contributed by atoms with Gasteiger partial charge in [-0.3, -0.25) is 4.79 Å². The third kappa shape index (κ3) is 12.9. The van der Waals surface area contributed by atoms with Crippen molar-refractivity contribution in [3.63, 3.8) is 0 Å². The molecule has 1 saturated heterocycles. The smallest absolute Gasteiger partial charge is 0.347 e. The van der Waals surface area contributed by atoms with Crippen molar-refractivity contribution in [1.82, 2.24) is 5.32 Å². The maximum atomic E-state index is 11.9. The highest BCUT2D eigenvalue weighted by atomic mass is 16.6. The molecule has 2 atom stereocenters. The fraction of sp³-hybridized carbons (Fsp3) is 0.875. The van der Waals surface area contributed by atoms with Gasteiger partial charge in [0.05, 0.1) is 6.61 Å². The van der Waals surface area contributed by atoms with E-state index in [9.17, 15) is 14.4 Å². The number of hydrogen-bond donors (Lipinski definition) is 1. The molecule has 1 fully saturated rings. The van der Waals surface area contributed by atoms with Crippen LogP contribution in [0.3, 0.4) is 0 Å². The normalized spacial score (nSPS) is 16.9. The van der Waals surface area contributed by atoms with Crippen LogP contribution < -0.4 is 5.32 Å². The number of ether oxygens (including phenoxy) is 2. The third-order valence-corrected chi connectivity index (χ3v) is 5.65. The van der Waals surface area contributed by atoms with Gasteiger partial charge in [-0.25, -0.2) is 9.59 Å². The number of carbonyl (C=O) groups excluding carboxylic acids is 3. The second kappa shape index (κ2) is 17.1. The molecule has 0 aromatic rings. The molecule has 30 heavy (non-hydrogen) atoms. The highest BCUT2D eigenvalue weighted by Crippen LogP contribution is 2.13. The zero-order valence-electron chi connectivity index (χ0n) is 19.2. The molecule has 6 nitrogen and oxygen atoms in total. The Morgan fingerprint density at radius 3 is 1.87 bits per heavy atom. The zero-order valence-corrected chi connectivity index (χ0v) is 19.2. The summed E-state index contributed by atoms with van der Waals surface area (Å²) in [6.07, 6.45) is 17.7. The lowest BCUT2D eigenvalue weighted by Gasteiger charge is -2.15. The summed E-state index contributed by atoms with van der Waals surface area (Å²) < 4.78 is 10.3. The molecule has 6 heteroatoms. The highest BCUT2D eigenvalue weighted by molar-refractivity contribution is 5.89. The van der Waals surface area contributed by atoms with Gasteiger partial charge >= 0.3 is 11.9 Å². The minimum absolute atomic E-state index is 0.162. The van der Waals surface area contributed by atoms with Gasteiger partial charge in [0.25, 0.3) is 0 Å². The molecule has 1 rings (SSSR count). The Bertz CT molecular complexity index is 494. The molecular weight excluding hydrogens is 382 g/mol. The van der Waals surface area contributed by atoms with E-state index in [2.05, 4.69) is 12.2 Å². The number of hydrogen-bond acceptors (Lipinski definition) is 5. The Morgan fingerprint density at radius 1 is 0.900 bits per heavy atom. The molecule has 0 spiro atoms. The Morgan fingerprint density at radius 2 is 1.40 bits per heavy atom. The molecule has 1 aliphatic heterocycles. The highest BCUT2D eigenvalue weighted by Gasteiger charge is 2.31. The Kier molecular flexibility index (Phi) is 15.1. The second-order valence-electron chi connectivity index (χ2n) is 8.50. The van der Waals surface area contributed by atoms with Crippen LogP contribution in [-0.4, -0.2) is 36.6 Å². The summed E-state index contributed by atoms with van der Waals surface area (Å²) in [5, 5.41) is 2.53. The van der Waals surface area contributed by atoms with E-state index in [1.807, 2.05) is 0 Å². The van der Waals surface area contributed by atoms with E-state index in [0.29, 0.717) is 19.4 Å². The first-order chi connectivity index (χ1) is 14.5. The van der Waals surface area contributed by atoms with E-state index in [1.54, 1.807) is 0 Å². The van der Waals surface area contributed by atoms with Crippen LogP contribution in [-0.2, 0) is 23.9 Å². The molecule has 1 heterocycles. The summed E-state index contributed by atoms with van der Waals surface area (Å²) in [5.41, 5.74) is 0. The molecule has 1 unspecified atom stereocenters. The number of rotatable bonds is 18. The fourth-order valence-corrected chi connectivity index (χ4v) is 3.68. The first-order valence-corrected chi connectivity index (χ1v) is 12.2. The SMILES string of the molecule is CCCCCCCCCCCCCCCCOC(=O)C(C)OC(=O)[C@@H]1CCC(=O)N1. The van der Waals surface area contributed by atoms with E-state index < -0.39 is 24.1 Å². The first kappa shape index (κ1) is 26.4. The van der Waals surface area contributed by atoms with Crippen molar-refractivity contribution >= 4 is 17.8 Å². The summed E-state index contributed by atoms with van der Waals surface area (Å²) in [6.45, 7) is 4.12. The van der Waals surface area contributed by atoms with Gasteiger partial charge in [0, 0.05) is 6.42 Å². The molecule has 0 aromatic carbocycles. The lowest BCUT2D eigenvalue weighted by Crippen LogP contribution is -2.38. The van der Waals surface area contributed by atoms with Crippen molar-refractivity contribution in [2.45, 2.75) is 129 Å². The lowest BCUT2D eigenvalue weighted by atomic mass is 10.0. The van der Waals surface area contributed by atoms with Gasteiger partial charge in [-0.05, 0) is 19.8 Å². The van der Waals surface area contributed by atoms with Crippen LogP contribution in [0.1, 0.15) is 117 Å². The van der Waals surface area contributed by atoms with E-state index in [4.69, 9.17) is 9.47 Å². The molecule has 0 aliphatic carbocycles. The molecule has 0 saturated carbocycles. The van der Waals surface area contributed by atoms with Crippen LogP contribution in [0.5, 0.6) is 0 Å². The number of unbranched alkanes of at least 4 members (excludes halogenated alkanes) is 13. The van der Waals surface area contributed by atoms with E-state index in [-0.39, 0.29) is 5.91 Å². The molecule has 0 bridgehead atoms. The van der Waals surface area contributed by atoms with Crippen molar-refractivity contribution in [3.05, 3.63) is 0 Å². The monoisotopic (exact) mass is 425 g/mol. The Hall–Kier alpha value is -1.59. The average molecular weight is 426 g/mol. The van der Waals surface area contributed by atoms with E-state index >= 15 is 0 Å². The van der Waals surface area contributed by atoms with Gasteiger partial charge in [-0.1, -0.05) is 90.4 Å². The molecule has 174 valence electrons. The zero-order chi connectivity index (χ0) is 22.0. The van der Waals surface area contributed by atoms with Gasteiger partial charge in [0.15, 0.2) is 6.10 Å². The topological polar surface area (TPSA) is 81.7 Å². The summed E-state index contributed by atoms with van der Waals surface area (Å²) in [4.78, 5) is 34.9. The summed E-state index contributed by atoms with van der Waals surface area (Å²) in [5.74, 6) is -1.26. The number of amides is 1. The number of esters is 2. The summed E-state index contributed by atoms with van der Waals surface area (Å²) in [6, 6.07) is -0.640. The Labute approximate surface area is 182 Å². The fourth-order valence-electron chi connectivity index (χ4n) is 3.68. The first-order valence-electron chi connectivity index (χ1n) is 12.2. The lowest BCUT2D eigenvalue weighted by molar-refractivity contribution is -0.167. The van der Waals surface area contributed by atoms with Crippen molar-refractivity contribution in [2.75, 3.05) is 6.61 Å². The predicted molar refractivity (Wildman–Crippen MR) is 118 cm³/mol. The maximum absolute atomic E-state index is 11.9. The van der Waals surface area contributed by atoms with Crippen molar-refractivity contribution in [3.8, 4) is 0 Å². The Balaban J connectivity index is 1.87. The predicted octanol–water partition coefficient (Wildman–Crippen LogP) is 5.22. The van der Waals surface area contributed by atoms with Crippen LogP contribution in [0.4, 0.5) is 0 Å². The molecular formula is C24H43NO5. The maximum Gasteiger partial charge on any atom is 0.347 e. The van der Waals surface area contributed by atoms with Gasteiger partial charge in [-0.15, -0.1) is 0 Å². The average Bonchev–Trinajstić information content (AvgIpc) is 3.17. The third-order valence-electron chi connectivity index (χ3n) is 5.65. The molecule has 1 N–H and O–H groups in total.